The molecule has 0 aliphatic rings. The predicted molar refractivity (Wildman–Crippen MR) is 93.4 cm³/mol. The summed E-state index contributed by atoms with van der Waals surface area (Å²) in [7, 11) is -3.37. The van der Waals surface area contributed by atoms with E-state index in [1.165, 1.54) is 6.07 Å². The van der Waals surface area contributed by atoms with Gasteiger partial charge in [-0.2, -0.15) is 5.10 Å². The highest BCUT2D eigenvalue weighted by atomic mass is 32.2. The lowest BCUT2D eigenvalue weighted by Crippen LogP contribution is -2.12. The van der Waals surface area contributed by atoms with Gasteiger partial charge in [-0.15, -0.1) is 0 Å². The van der Waals surface area contributed by atoms with Crippen molar-refractivity contribution in [2.24, 2.45) is 0 Å². The molecule has 0 spiro atoms. The average Bonchev–Trinajstić information content (AvgIpc) is 3.32. The summed E-state index contributed by atoms with van der Waals surface area (Å²) in [5.41, 5.74) is 0. The monoisotopic (exact) mass is 374 g/mol. The van der Waals surface area contributed by atoms with Gasteiger partial charge in [-0.25, -0.2) is 13.2 Å². The Kier molecular flexibility index (Phi) is 5.52. The molecule has 136 valence electrons. The van der Waals surface area contributed by atoms with Crippen LogP contribution in [-0.4, -0.2) is 36.5 Å². The molecule has 0 aliphatic heterocycles. The fourth-order valence-electron chi connectivity index (χ4n) is 2.36. The van der Waals surface area contributed by atoms with Crippen LogP contribution in [0.4, 0.5) is 0 Å². The molecule has 7 nitrogen and oxygen atoms in total. The third-order valence-electron chi connectivity index (χ3n) is 3.63. The Hall–Kier alpha value is -2.87. The van der Waals surface area contributed by atoms with Crippen LogP contribution in [0.2, 0.25) is 0 Å². The summed E-state index contributed by atoms with van der Waals surface area (Å²) in [4.78, 5) is 12.2. The Bertz CT molecular complexity index is 947. The van der Waals surface area contributed by atoms with Crippen LogP contribution in [0.25, 0.3) is 0 Å². The Morgan fingerprint density at radius 2 is 1.92 bits per heavy atom. The molecule has 0 atom stereocenters. The minimum atomic E-state index is -3.37. The normalized spacial score (nSPS) is 11.4. The SMILES string of the molecule is O=C(OCCCS(=O)(=O)c1ccccc1)c1ccc(Cn2cccn2)o1. The van der Waals surface area contributed by atoms with Gasteiger partial charge in [0.15, 0.2) is 9.84 Å². The Morgan fingerprint density at radius 1 is 1.12 bits per heavy atom. The number of furan rings is 1. The molecule has 8 heteroatoms. The highest BCUT2D eigenvalue weighted by Gasteiger charge is 2.16. The van der Waals surface area contributed by atoms with Gasteiger partial charge < -0.3 is 9.15 Å². The van der Waals surface area contributed by atoms with Crippen LogP contribution in [0.5, 0.6) is 0 Å². The van der Waals surface area contributed by atoms with E-state index < -0.39 is 15.8 Å². The molecule has 0 unspecified atom stereocenters. The number of aromatic nitrogens is 2. The molecule has 3 rings (SSSR count). The summed E-state index contributed by atoms with van der Waals surface area (Å²) in [6.07, 6.45) is 3.65. The minimum absolute atomic E-state index is 0.0000857. The standard InChI is InChI=1S/C18H18N2O5S/c21-18(17-9-8-15(25-17)14-20-11-4-10-19-20)24-12-5-13-26(22,23)16-6-2-1-3-7-16/h1-4,6-11H,5,12-14H2. The second-order valence-electron chi connectivity index (χ2n) is 5.59. The van der Waals surface area contributed by atoms with Crippen LogP contribution in [0, 0.1) is 0 Å². The lowest BCUT2D eigenvalue weighted by Gasteiger charge is -2.05. The maximum Gasteiger partial charge on any atom is 0.374 e. The van der Waals surface area contributed by atoms with Crippen LogP contribution < -0.4 is 0 Å². The van der Waals surface area contributed by atoms with Crippen molar-refractivity contribution in [2.45, 2.75) is 17.9 Å². The highest BCUT2D eigenvalue weighted by molar-refractivity contribution is 7.91. The van der Waals surface area contributed by atoms with Gasteiger partial charge in [0, 0.05) is 12.4 Å². The molecule has 26 heavy (non-hydrogen) atoms. The van der Waals surface area contributed by atoms with Crippen molar-refractivity contribution in [1.82, 2.24) is 9.78 Å². The number of benzene rings is 1. The molecule has 2 heterocycles. The molecular weight excluding hydrogens is 356 g/mol. The third-order valence-corrected chi connectivity index (χ3v) is 5.45. The number of nitrogens with zero attached hydrogens (tertiary/aromatic N) is 2. The van der Waals surface area contributed by atoms with E-state index in [0.717, 1.165) is 0 Å². The molecule has 0 bridgehead atoms. The molecule has 3 aromatic rings. The number of esters is 1. The van der Waals surface area contributed by atoms with Crippen LogP contribution in [0.1, 0.15) is 22.7 Å². The fourth-order valence-corrected chi connectivity index (χ4v) is 3.66. The van der Waals surface area contributed by atoms with E-state index in [1.54, 1.807) is 59.5 Å². The topological polar surface area (TPSA) is 91.4 Å². The first kappa shape index (κ1) is 17.9. The Labute approximate surface area is 151 Å². The zero-order valence-corrected chi connectivity index (χ0v) is 14.8. The van der Waals surface area contributed by atoms with Gasteiger partial charge in [0.05, 0.1) is 23.8 Å². The fraction of sp³-hybridized carbons (Fsp3) is 0.222. The molecule has 0 aliphatic carbocycles. The van der Waals surface area contributed by atoms with Crippen LogP contribution in [0.15, 0.2) is 70.2 Å². The van der Waals surface area contributed by atoms with Crippen molar-refractivity contribution >= 4 is 15.8 Å². The Balaban J connectivity index is 1.46. The van der Waals surface area contributed by atoms with Gasteiger partial charge in [0.25, 0.3) is 0 Å². The van der Waals surface area contributed by atoms with Crippen molar-refractivity contribution in [3.8, 4) is 0 Å². The van der Waals surface area contributed by atoms with Crippen molar-refractivity contribution in [2.75, 3.05) is 12.4 Å². The summed E-state index contributed by atoms with van der Waals surface area (Å²) < 4.78 is 36.5. The molecule has 0 saturated heterocycles. The Morgan fingerprint density at radius 3 is 2.65 bits per heavy atom. The van der Waals surface area contributed by atoms with E-state index in [4.69, 9.17) is 9.15 Å². The van der Waals surface area contributed by atoms with Crippen LogP contribution in [-0.2, 0) is 21.1 Å². The van der Waals surface area contributed by atoms with Gasteiger partial charge in [-0.05, 0) is 36.8 Å². The summed E-state index contributed by atoms with van der Waals surface area (Å²) in [5.74, 6) is -0.0494. The van der Waals surface area contributed by atoms with Gasteiger partial charge in [0.1, 0.15) is 5.76 Å². The number of hydrogen-bond acceptors (Lipinski definition) is 6. The molecule has 0 radical (unpaired) electrons. The predicted octanol–water partition coefficient (Wildman–Crippen LogP) is 2.55. The van der Waals surface area contributed by atoms with Gasteiger partial charge in [0.2, 0.25) is 5.76 Å². The molecule has 0 fully saturated rings. The second kappa shape index (κ2) is 8.01. The lowest BCUT2D eigenvalue weighted by atomic mass is 10.4. The molecule has 1 aromatic carbocycles. The number of sulfone groups is 1. The highest BCUT2D eigenvalue weighted by Crippen LogP contribution is 2.13. The number of ether oxygens (including phenoxy) is 1. The van der Waals surface area contributed by atoms with E-state index in [-0.39, 0.29) is 29.4 Å². The molecule has 0 amide bonds. The zero-order chi connectivity index (χ0) is 18.4. The van der Waals surface area contributed by atoms with Crippen LogP contribution >= 0.6 is 0 Å². The van der Waals surface area contributed by atoms with Crippen molar-refractivity contribution in [3.05, 3.63) is 72.4 Å². The summed E-state index contributed by atoms with van der Waals surface area (Å²) in [6.45, 7) is 0.412. The smallest absolute Gasteiger partial charge is 0.374 e. The lowest BCUT2D eigenvalue weighted by molar-refractivity contribution is 0.0467. The van der Waals surface area contributed by atoms with Crippen LogP contribution in [0.3, 0.4) is 0 Å². The second-order valence-corrected chi connectivity index (χ2v) is 7.70. The zero-order valence-electron chi connectivity index (χ0n) is 13.9. The average molecular weight is 374 g/mol. The third kappa shape index (κ3) is 4.60. The van der Waals surface area contributed by atoms with Gasteiger partial charge in [-0.3, -0.25) is 4.68 Å². The van der Waals surface area contributed by atoms with E-state index in [1.807, 2.05) is 0 Å². The van der Waals surface area contributed by atoms with Crippen molar-refractivity contribution < 1.29 is 22.4 Å². The summed E-state index contributed by atoms with van der Waals surface area (Å²) in [6, 6.07) is 13.2. The van der Waals surface area contributed by atoms with E-state index in [9.17, 15) is 13.2 Å². The largest absolute Gasteiger partial charge is 0.460 e. The quantitative estimate of drug-likeness (QED) is 0.444. The minimum Gasteiger partial charge on any atom is -0.460 e. The maximum atomic E-state index is 12.1. The van der Waals surface area contributed by atoms with E-state index in [0.29, 0.717) is 12.3 Å². The van der Waals surface area contributed by atoms with Gasteiger partial charge >= 0.3 is 5.97 Å². The first-order valence-corrected chi connectivity index (χ1v) is 9.71. The number of carbonyl (C=O) groups is 1. The molecular formula is C18H18N2O5S. The number of rotatable bonds is 8. The van der Waals surface area contributed by atoms with Crippen molar-refractivity contribution in [3.63, 3.8) is 0 Å². The number of carbonyl (C=O) groups excluding carboxylic acids is 1. The molecule has 2 aromatic heterocycles. The molecule has 0 saturated carbocycles. The van der Waals surface area contributed by atoms with Gasteiger partial charge in [-0.1, -0.05) is 18.2 Å². The summed E-state index contributed by atoms with van der Waals surface area (Å²) >= 11 is 0. The van der Waals surface area contributed by atoms with E-state index in [2.05, 4.69) is 5.10 Å². The molecule has 0 N–H and O–H groups in total. The van der Waals surface area contributed by atoms with Crippen molar-refractivity contribution in [1.29, 1.82) is 0 Å². The first-order valence-electron chi connectivity index (χ1n) is 8.06. The van der Waals surface area contributed by atoms with E-state index >= 15 is 0 Å². The number of hydrogen-bond donors (Lipinski definition) is 0. The maximum absolute atomic E-state index is 12.1. The first-order chi connectivity index (χ1) is 12.5. The summed E-state index contributed by atoms with van der Waals surface area (Å²) in [5, 5.41) is 4.06.